The first-order valence-electron chi connectivity index (χ1n) is 11.4. The van der Waals surface area contributed by atoms with Crippen LogP contribution in [-0.2, 0) is 4.74 Å². The van der Waals surface area contributed by atoms with E-state index in [1.807, 2.05) is 20.8 Å². The van der Waals surface area contributed by atoms with Gasteiger partial charge >= 0.3 is 0 Å². The molecule has 0 aliphatic rings. The standard InChI is InChI=1S/C6H14.C5H12O.2C5H12.C4H10.8CH4/c1-4-5-6(2)3;1-4-6-5(2)3;2*1-4-5(2)3;1-4(2)3;;;;;;;;/h6H,4-5H2,1-3H3;5H,4H2,1-3H3;2*5H,4H2,1-3H3;4H,1-3H3;8*1H4. The van der Waals surface area contributed by atoms with Crippen molar-refractivity contribution in [2.75, 3.05) is 6.61 Å². The molecule has 0 aromatic rings. The van der Waals surface area contributed by atoms with Gasteiger partial charge in [-0.05, 0) is 44.4 Å². The van der Waals surface area contributed by atoms with E-state index >= 15 is 0 Å². The molecule has 0 saturated carbocycles. The zero-order valence-corrected chi connectivity index (χ0v) is 21.8. The topological polar surface area (TPSA) is 9.23 Å². The first kappa shape index (κ1) is 84.0. The molecule has 34 heavy (non-hydrogen) atoms. The smallest absolute Gasteiger partial charge is 0.0518 e. The summed E-state index contributed by atoms with van der Waals surface area (Å²) >= 11 is 0. The summed E-state index contributed by atoms with van der Waals surface area (Å²) in [5.74, 6) is 3.50. The van der Waals surface area contributed by atoms with Crippen LogP contribution < -0.4 is 0 Å². The molecular formula is C33H92O. The summed E-state index contributed by atoms with van der Waals surface area (Å²) in [6.07, 6.45) is 5.72. The van der Waals surface area contributed by atoms with Gasteiger partial charge < -0.3 is 4.74 Å². The molecule has 1 nitrogen and oxygen atoms in total. The van der Waals surface area contributed by atoms with E-state index in [1.54, 1.807) is 0 Å². The van der Waals surface area contributed by atoms with E-state index in [1.165, 1.54) is 25.7 Å². The molecule has 0 rings (SSSR count). The predicted octanol–water partition coefficient (Wildman–Crippen LogP) is 14.7. The molecule has 0 bridgehead atoms. The third-order valence-electron chi connectivity index (χ3n) is 3.00. The van der Waals surface area contributed by atoms with Crippen molar-refractivity contribution in [3.05, 3.63) is 0 Å². The number of rotatable bonds is 6. The molecule has 0 heterocycles. The Morgan fingerprint density at radius 1 is 0.441 bits per heavy atom. The van der Waals surface area contributed by atoms with Gasteiger partial charge in [-0.25, -0.2) is 0 Å². The Labute approximate surface area is 230 Å². The van der Waals surface area contributed by atoms with E-state index in [0.717, 1.165) is 30.3 Å². The van der Waals surface area contributed by atoms with Crippen molar-refractivity contribution in [1.29, 1.82) is 0 Å². The molecule has 0 saturated heterocycles. The Morgan fingerprint density at radius 3 is 0.647 bits per heavy atom. The third kappa shape index (κ3) is 309. The van der Waals surface area contributed by atoms with Crippen molar-refractivity contribution >= 4 is 0 Å². The highest BCUT2D eigenvalue weighted by molar-refractivity contribution is 4.38. The van der Waals surface area contributed by atoms with E-state index in [9.17, 15) is 0 Å². The summed E-state index contributed by atoms with van der Waals surface area (Å²) < 4.78 is 5.04. The maximum absolute atomic E-state index is 5.04. The molecule has 0 atom stereocenters. The third-order valence-corrected chi connectivity index (χ3v) is 3.00. The second-order valence-corrected chi connectivity index (χ2v) is 9.02. The molecule has 0 aromatic heterocycles. The summed E-state index contributed by atoms with van der Waals surface area (Å²) in [4.78, 5) is 0. The van der Waals surface area contributed by atoms with Gasteiger partial charge in [-0.1, -0.05) is 168 Å². The largest absolute Gasteiger partial charge is 0.379 e. The zero-order valence-electron chi connectivity index (χ0n) is 21.8. The lowest BCUT2D eigenvalue weighted by Crippen LogP contribution is -1.99. The first-order chi connectivity index (χ1) is 11.8. The zero-order chi connectivity index (χ0) is 22.1. The fourth-order valence-electron chi connectivity index (χ4n) is 0.911. The van der Waals surface area contributed by atoms with E-state index in [0.29, 0.717) is 6.10 Å². The van der Waals surface area contributed by atoms with Gasteiger partial charge in [0.25, 0.3) is 0 Å². The quantitative estimate of drug-likeness (QED) is 0.349. The fraction of sp³-hybridized carbons (Fsp3) is 1.00. The second kappa shape index (κ2) is 76.6. The molecule has 0 spiro atoms. The van der Waals surface area contributed by atoms with Crippen molar-refractivity contribution in [2.45, 2.75) is 195 Å². The van der Waals surface area contributed by atoms with Crippen LogP contribution in [0.1, 0.15) is 189 Å². The normalized spacial score (nSPS) is 7.41. The van der Waals surface area contributed by atoms with Gasteiger partial charge in [0.2, 0.25) is 0 Å². The maximum Gasteiger partial charge on any atom is 0.0518 e. The summed E-state index contributed by atoms with van der Waals surface area (Å²) in [7, 11) is 0. The molecule has 0 N–H and O–H groups in total. The molecule has 0 aromatic carbocycles. The number of hydrogen-bond donors (Lipinski definition) is 0. The highest BCUT2D eigenvalue weighted by atomic mass is 16.5. The van der Waals surface area contributed by atoms with Gasteiger partial charge in [-0.2, -0.15) is 0 Å². The molecular weight excluding hydrogens is 412 g/mol. The molecule has 0 radical (unpaired) electrons. The molecule has 0 amide bonds. The lowest BCUT2D eigenvalue weighted by Gasteiger charge is -2.00. The van der Waals surface area contributed by atoms with Crippen LogP contribution >= 0.6 is 0 Å². The van der Waals surface area contributed by atoms with E-state index in [4.69, 9.17) is 4.74 Å². The van der Waals surface area contributed by atoms with Gasteiger partial charge in [-0.3, -0.25) is 0 Å². The van der Waals surface area contributed by atoms with Crippen LogP contribution in [0.2, 0.25) is 0 Å². The summed E-state index contributed by atoms with van der Waals surface area (Å²) in [6.45, 7) is 33.4. The lowest BCUT2D eigenvalue weighted by molar-refractivity contribution is 0.0899. The molecule has 0 unspecified atom stereocenters. The van der Waals surface area contributed by atoms with E-state index in [2.05, 4.69) is 83.1 Å². The SMILES string of the molecule is C.C.C.C.C.C.C.C.CC(C)C.CCC(C)C.CCC(C)C.CCCC(C)C.CCOC(C)C. The van der Waals surface area contributed by atoms with E-state index in [-0.39, 0.29) is 59.4 Å². The Bertz CT molecular complexity index is 160. The van der Waals surface area contributed by atoms with Crippen LogP contribution in [0.3, 0.4) is 0 Å². The molecule has 1 heteroatoms. The lowest BCUT2D eigenvalue weighted by atomic mass is 10.1. The highest BCUT2D eigenvalue weighted by Gasteiger charge is 1.85. The molecule has 0 fully saturated rings. The number of ether oxygens (including phenoxy) is 1. The first-order valence-corrected chi connectivity index (χ1v) is 11.4. The fourth-order valence-corrected chi connectivity index (χ4v) is 0.911. The van der Waals surface area contributed by atoms with Crippen LogP contribution in [-0.4, -0.2) is 12.7 Å². The summed E-state index contributed by atoms with van der Waals surface area (Å²) in [5.41, 5.74) is 0. The minimum Gasteiger partial charge on any atom is -0.379 e. The Balaban J connectivity index is -0.0000000140. The minimum atomic E-state index is 0. The molecule has 230 valence electrons. The molecule has 0 aliphatic carbocycles. The van der Waals surface area contributed by atoms with Gasteiger partial charge in [0.05, 0.1) is 6.10 Å². The second-order valence-electron chi connectivity index (χ2n) is 9.02. The average molecular weight is 505 g/mol. The van der Waals surface area contributed by atoms with Crippen molar-refractivity contribution in [3.8, 4) is 0 Å². The van der Waals surface area contributed by atoms with Crippen LogP contribution in [0, 0.1) is 23.7 Å². The summed E-state index contributed by atoms with van der Waals surface area (Å²) in [6, 6.07) is 0. The Morgan fingerprint density at radius 2 is 0.647 bits per heavy atom. The average Bonchev–Trinajstić information content (AvgIpc) is 2.48. The van der Waals surface area contributed by atoms with Crippen molar-refractivity contribution in [2.24, 2.45) is 23.7 Å². The molecule has 0 aliphatic heterocycles. The van der Waals surface area contributed by atoms with Gasteiger partial charge in [0, 0.05) is 6.61 Å². The van der Waals surface area contributed by atoms with Crippen molar-refractivity contribution in [1.82, 2.24) is 0 Å². The Hall–Kier alpha value is -0.0400. The number of hydrogen-bond acceptors (Lipinski definition) is 1. The van der Waals surface area contributed by atoms with E-state index < -0.39 is 0 Å². The van der Waals surface area contributed by atoms with Crippen LogP contribution in [0.25, 0.3) is 0 Å². The highest BCUT2D eigenvalue weighted by Crippen LogP contribution is 2.00. The monoisotopic (exact) mass is 505 g/mol. The van der Waals surface area contributed by atoms with Crippen LogP contribution in [0.5, 0.6) is 0 Å². The van der Waals surface area contributed by atoms with Crippen molar-refractivity contribution < 1.29 is 4.74 Å². The van der Waals surface area contributed by atoms with Gasteiger partial charge in [0.15, 0.2) is 0 Å². The van der Waals surface area contributed by atoms with Gasteiger partial charge in [-0.15, -0.1) is 0 Å². The minimum absolute atomic E-state index is 0. The summed E-state index contributed by atoms with van der Waals surface area (Å²) in [5, 5.41) is 0. The van der Waals surface area contributed by atoms with Crippen LogP contribution in [0.4, 0.5) is 0 Å². The van der Waals surface area contributed by atoms with Crippen molar-refractivity contribution in [3.63, 3.8) is 0 Å². The Kier molecular flexibility index (Phi) is 189. The predicted molar refractivity (Wildman–Crippen MR) is 181 cm³/mol. The van der Waals surface area contributed by atoms with Gasteiger partial charge in [0.1, 0.15) is 0 Å². The van der Waals surface area contributed by atoms with Crippen LogP contribution in [0.15, 0.2) is 0 Å². The maximum atomic E-state index is 5.04.